The molecule has 2 aliphatic heterocycles. The zero-order valence-electron chi connectivity index (χ0n) is 34.1. The number of aliphatic hydroxyl groups excluding tert-OH is 1. The zero-order chi connectivity index (χ0) is 39.9. The van der Waals surface area contributed by atoms with Crippen LogP contribution in [0.3, 0.4) is 0 Å². The van der Waals surface area contributed by atoms with E-state index in [0.717, 1.165) is 37.7 Å². The highest BCUT2D eigenvalue weighted by Crippen LogP contribution is 2.41. The van der Waals surface area contributed by atoms with E-state index < -0.39 is 36.3 Å². The number of rotatable bonds is 19. The molecule has 5 N–H and O–H groups in total. The lowest BCUT2D eigenvalue weighted by Crippen LogP contribution is -2.60. The molecule has 2 bridgehead atoms. The highest BCUT2D eigenvalue weighted by atomic mass is 16.5. The number of hydrogen-bond acceptors (Lipinski definition) is 9. The van der Waals surface area contributed by atoms with Crippen molar-refractivity contribution in [3.63, 3.8) is 0 Å². The number of benzene rings is 1. The number of nitrogen functional groups attached to an aromatic ring is 1. The Bertz CT molecular complexity index is 1410. The molecule has 3 aliphatic rings. The molecule has 13 nitrogen and oxygen atoms in total. The molecular weight excluding hydrogens is 688 g/mol. The number of nitrogens with zero attached hydrogens (tertiary/aromatic N) is 3. The molecule has 304 valence electrons. The van der Waals surface area contributed by atoms with Crippen molar-refractivity contribution in [1.29, 1.82) is 0 Å². The van der Waals surface area contributed by atoms with Gasteiger partial charge in [-0.15, -0.1) is 0 Å². The number of nitrogens with one attached hydrogen (secondary N) is 2. The smallest absolute Gasteiger partial charge is 0.245 e. The molecular formula is C41H68N6O7. The fourth-order valence-electron chi connectivity index (χ4n) is 9.32. The molecule has 1 aromatic rings. The number of carbonyl (C=O) groups is 4. The van der Waals surface area contributed by atoms with E-state index in [4.69, 9.17) is 15.2 Å². The number of aliphatic hydroxyl groups is 1. The third kappa shape index (κ3) is 9.94. The van der Waals surface area contributed by atoms with E-state index in [2.05, 4.69) is 29.4 Å². The molecule has 0 spiro atoms. The van der Waals surface area contributed by atoms with Gasteiger partial charge in [0.1, 0.15) is 6.04 Å². The summed E-state index contributed by atoms with van der Waals surface area (Å²) in [5, 5.41) is 16.2. The Kier molecular flexibility index (Phi) is 15.7. The van der Waals surface area contributed by atoms with Crippen molar-refractivity contribution in [3.8, 4) is 0 Å². The molecule has 2 saturated heterocycles. The fourth-order valence-corrected chi connectivity index (χ4v) is 9.32. The van der Waals surface area contributed by atoms with Crippen molar-refractivity contribution in [3.05, 3.63) is 29.8 Å². The van der Waals surface area contributed by atoms with Crippen molar-refractivity contribution in [2.75, 3.05) is 47.2 Å². The number of likely N-dealkylation sites (N-methyl/N-ethyl adjacent to an activating group) is 2. The van der Waals surface area contributed by atoms with Crippen molar-refractivity contribution in [1.82, 2.24) is 25.3 Å². The summed E-state index contributed by atoms with van der Waals surface area (Å²) < 4.78 is 12.0. The number of ether oxygens (including phenoxy) is 2. The summed E-state index contributed by atoms with van der Waals surface area (Å²) in [5.41, 5.74) is 7.39. The number of amides is 4. The molecule has 1 saturated carbocycles. The second kappa shape index (κ2) is 19.6. The normalized spacial score (nSPS) is 25.1. The van der Waals surface area contributed by atoms with E-state index in [0.29, 0.717) is 37.0 Å². The Morgan fingerprint density at radius 1 is 1.02 bits per heavy atom. The van der Waals surface area contributed by atoms with Gasteiger partial charge < -0.3 is 40.7 Å². The number of piperidine rings is 1. The standard InChI is InChI=1S/C41H68N6O7/c1-10-25(4)36(46(7)41(52)35(24(2)3)44-40(51)37-28-15-18-31(21-28)45(37)6)33(53-8)22-34(49)47-19-11-12-32(47)38(54-9)26(5)39(50)43-30(23-48)20-27-13-16-29(42)17-14-27/h13-14,16-17,24-26,28,30-33,35-38,48H,10-12,15,18-23,42H2,1-9H3,(H,43,50)(H,44,51)/t25-,26+,28-,30-,31+,32-,33+,35-,36-,37-,38+/m0/s1. The van der Waals surface area contributed by atoms with Gasteiger partial charge in [-0.2, -0.15) is 0 Å². The molecule has 3 fully saturated rings. The first kappa shape index (κ1) is 43.5. The Balaban J connectivity index is 1.44. The second-order valence-corrected chi connectivity index (χ2v) is 16.5. The minimum absolute atomic E-state index is 0.00514. The van der Waals surface area contributed by atoms with Crippen molar-refractivity contribution in [2.45, 2.75) is 134 Å². The number of fused-ring (bicyclic) bond motifs is 2. The largest absolute Gasteiger partial charge is 0.399 e. The van der Waals surface area contributed by atoms with Crippen molar-refractivity contribution >= 4 is 29.3 Å². The van der Waals surface area contributed by atoms with Gasteiger partial charge in [-0.05, 0) is 81.0 Å². The quantitative estimate of drug-likeness (QED) is 0.155. The first-order valence-corrected chi connectivity index (χ1v) is 20.1. The lowest BCUT2D eigenvalue weighted by Gasteiger charge is -2.41. The minimum atomic E-state index is -0.718. The summed E-state index contributed by atoms with van der Waals surface area (Å²) in [4.78, 5) is 61.4. The van der Waals surface area contributed by atoms with Gasteiger partial charge in [0.25, 0.3) is 0 Å². The molecule has 2 heterocycles. The van der Waals surface area contributed by atoms with Gasteiger partial charge in [-0.25, -0.2) is 0 Å². The molecule has 0 radical (unpaired) electrons. The third-order valence-corrected chi connectivity index (χ3v) is 12.7. The monoisotopic (exact) mass is 757 g/mol. The Labute approximate surface area is 323 Å². The maximum absolute atomic E-state index is 14.3. The Morgan fingerprint density at radius 2 is 1.70 bits per heavy atom. The lowest BCUT2D eigenvalue weighted by atomic mass is 9.89. The second-order valence-electron chi connectivity index (χ2n) is 16.5. The zero-order valence-corrected chi connectivity index (χ0v) is 34.1. The highest BCUT2D eigenvalue weighted by molar-refractivity contribution is 5.90. The molecule has 0 aromatic heterocycles. The van der Waals surface area contributed by atoms with Crippen LogP contribution < -0.4 is 16.4 Å². The van der Waals surface area contributed by atoms with Gasteiger partial charge in [0.2, 0.25) is 23.6 Å². The van der Waals surface area contributed by atoms with E-state index in [9.17, 15) is 24.3 Å². The molecule has 4 rings (SSSR count). The number of nitrogens with two attached hydrogens (primary N) is 1. The van der Waals surface area contributed by atoms with Gasteiger partial charge in [-0.3, -0.25) is 24.1 Å². The van der Waals surface area contributed by atoms with E-state index in [-0.39, 0.29) is 60.6 Å². The minimum Gasteiger partial charge on any atom is -0.399 e. The first-order chi connectivity index (χ1) is 25.7. The summed E-state index contributed by atoms with van der Waals surface area (Å²) >= 11 is 0. The van der Waals surface area contributed by atoms with Gasteiger partial charge in [0.05, 0.1) is 55.3 Å². The van der Waals surface area contributed by atoms with Crippen LogP contribution in [0.2, 0.25) is 0 Å². The van der Waals surface area contributed by atoms with Crippen LogP contribution in [0.15, 0.2) is 24.3 Å². The van der Waals surface area contributed by atoms with E-state index >= 15 is 0 Å². The van der Waals surface area contributed by atoms with Crippen LogP contribution in [0.4, 0.5) is 5.69 Å². The van der Waals surface area contributed by atoms with Crippen LogP contribution in [0, 0.1) is 23.7 Å². The van der Waals surface area contributed by atoms with Crippen LogP contribution in [-0.2, 0) is 35.1 Å². The lowest BCUT2D eigenvalue weighted by molar-refractivity contribution is -0.148. The molecule has 1 aliphatic carbocycles. The number of hydrogen-bond donors (Lipinski definition) is 4. The number of methoxy groups -OCH3 is 2. The number of likely N-dealkylation sites (tertiary alicyclic amines) is 2. The summed E-state index contributed by atoms with van der Waals surface area (Å²) in [7, 11) is 6.90. The van der Waals surface area contributed by atoms with E-state index in [1.54, 1.807) is 50.1 Å². The van der Waals surface area contributed by atoms with Gasteiger partial charge >= 0.3 is 0 Å². The molecule has 54 heavy (non-hydrogen) atoms. The van der Waals surface area contributed by atoms with Gasteiger partial charge in [-0.1, -0.05) is 53.2 Å². The van der Waals surface area contributed by atoms with Crippen molar-refractivity contribution in [2.24, 2.45) is 23.7 Å². The van der Waals surface area contributed by atoms with Crippen LogP contribution in [0.5, 0.6) is 0 Å². The average Bonchev–Trinajstić information content (AvgIpc) is 3.91. The highest BCUT2D eigenvalue weighted by Gasteiger charge is 2.48. The predicted octanol–water partition coefficient (Wildman–Crippen LogP) is 2.83. The van der Waals surface area contributed by atoms with Crippen molar-refractivity contribution < 1.29 is 33.8 Å². The first-order valence-electron chi connectivity index (χ1n) is 20.1. The van der Waals surface area contributed by atoms with E-state index in [1.165, 1.54) is 0 Å². The van der Waals surface area contributed by atoms with Crippen LogP contribution in [0.25, 0.3) is 0 Å². The van der Waals surface area contributed by atoms with Crippen LogP contribution in [0.1, 0.15) is 85.1 Å². The summed E-state index contributed by atoms with van der Waals surface area (Å²) in [6, 6.07) is 5.55. The summed E-state index contributed by atoms with van der Waals surface area (Å²) in [6.45, 7) is 10.1. The fraction of sp³-hybridized carbons (Fsp3) is 0.756. The van der Waals surface area contributed by atoms with Gasteiger partial charge in [0.15, 0.2) is 0 Å². The Morgan fingerprint density at radius 3 is 2.26 bits per heavy atom. The molecule has 13 heteroatoms. The molecule has 1 aromatic carbocycles. The SMILES string of the molecule is CC[C@H](C)[C@@H]([C@@H](CC(=O)N1CCC[C@H]1[C@H](OC)[C@@H](C)C(=O)N[C@H](CO)Cc1ccc(N)cc1)OC)N(C)C(=O)[C@@H](NC(=O)[C@@H]1[C@H]2CC[C@H](C2)N1C)C(C)C. The summed E-state index contributed by atoms with van der Waals surface area (Å²) in [5.74, 6) is -1.11. The number of carbonyl (C=O) groups excluding carboxylic acids is 4. The van der Waals surface area contributed by atoms with E-state index in [1.807, 2.05) is 33.0 Å². The predicted molar refractivity (Wildman–Crippen MR) is 209 cm³/mol. The van der Waals surface area contributed by atoms with Crippen LogP contribution >= 0.6 is 0 Å². The molecule has 11 atom stereocenters. The summed E-state index contributed by atoms with van der Waals surface area (Å²) in [6.07, 6.45) is 4.67. The maximum atomic E-state index is 14.3. The molecule has 0 unspecified atom stereocenters. The van der Waals surface area contributed by atoms with Gasteiger partial charge in [0, 0.05) is 39.5 Å². The Hall–Kier alpha value is -3.26. The molecule has 4 amide bonds. The third-order valence-electron chi connectivity index (χ3n) is 12.7. The average molecular weight is 757 g/mol. The number of anilines is 1. The topological polar surface area (TPSA) is 167 Å². The maximum Gasteiger partial charge on any atom is 0.245 e. The van der Waals surface area contributed by atoms with Crippen LogP contribution in [-0.4, -0.2) is 133 Å².